The smallest absolute Gasteiger partial charge is 0.226 e. The molecule has 1 heterocycles. The fraction of sp³-hybridized carbons (Fsp3) is 0.286. The SMILES string of the molecule is CCc1oc2ccc(Nc3ccc(CC(=O)N(C)C)cc3)cc2c1C. The number of nitrogens with zero attached hydrogens (tertiary/aromatic N) is 1. The van der Waals surface area contributed by atoms with Crippen molar-refractivity contribution in [2.75, 3.05) is 19.4 Å². The second-order valence-electron chi connectivity index (χ2n) is 6.50. The van der Waals surface area contributed by atoms with E-state index in [-0.39, 0.29) is 5.91 Å². The van der Waals surface area contributed by atoms with E-state index in [1.807, 2.05) is 36.4 Å². The van der Waals surface area contributed by atoms with Gasteiger partial charge in [0.2, 0.25) is 5.91 Å². The molecule has 0 saturated heterocycles. The number of benzene rings is 2. The molecule has 3 rings (SSSR count). The van der Waals surface area contributed by atoms with Crippen LogP contribution in [0.15, 0.2) is 46.9 Å². The van der Waals surface area contributed by atoms with Crippen LogP contribution in [0.3, 0.4) is 0 Å². The molecule has 0 bridgehead atoms. The van der Waals surface area contributed by atoms with Crippen molar-refractivity contribution in [1.82, 2.24) is 4.90 Å². The molecular weight excluding hydrogens is 312 g/mol. The molecule has 0 spiro atoms. The third-order valence-electron chi connectivity index (χ3n) is 4.45. The Balaban J connectivity index is 1.77. The van der Waals surface area contributed by atoms with Gasteiger partial charge in [-0.25, -0.2) is 0 Å². The highest BCUT2D eigenvalue weighted by molar-refractivity contribution is 5.86. The largest absolute Gasteiger partial charge is 0.461 e. The van der Waals surface area contributed by atoms with E-state index in [4.69, 9.17) is 4.42 Å². The number of anilines is 2. The number of furan rings is 1. The van der Waals surface area contributed by atoms with E-state index in [2.05, 4.69) is 25.2 Å². The summed E-state index contributed by atoms with van der Waals surface area (Å²) < 4.78 is 5.86. The minimum absolute atomic E-state index is 0.105. The number of fused-ring (bicyclic) bond motifs is 1. The molecular formula is C21H24N2O2. The molecule has 1 N–H and O–H groups in total. The third kappa shape index (κ3) is 3.68. The van der Waals surface area contributed by atoms with Gasteiger partial charge in [-0.05, 0) is 48.4 Å². The Hall–Kier alpha value is -2.75. The second kappa shape index (κ2) is 7.01. The van der Waals surface area contributed by atoms with E-state index in [0.717, 1.165) is 40.1 Å². The van der Waals surface area contributed by atoms with Crippen LogP contribution in [0.2, 0.25) is 0 Å². The normalized spacial score (nSPS) is 10.9. The Morgan fingerprint density at radius 1 is 1.08 bits per heavy atom. The Morgan fingerprint density at radius 3 is 2.40 bits per heavy atom. The predicted molar refractivity (Wildman–Crippen MR) is 102 cm³/mol. The second-order valence-corrected chi connectivity index (χ2v) is 6.50. The maximum Gasteiger partial charge on any atom is 0.226 e. The van der Waals surface area contributed by atoms with Crippen LogP contribution in [0.4, 0.5) is 11.4 Å². The van der Waals surface area contributed by atoms with E-state index in [1.54, 1.807) is 19.0 Å². The summed E-state index contributed by atoms with van der Waals surface area (Å²) in [4.78, 5) is 13.4. The minimum atomic E-state index is 0.105. The van der Waals surface area contributed by atoms with Gasteiger partial charge in [0.05, 0.1) is 6.42 Å². The van der Waals surface area contributed by atoms with Crippen LogP contribution in [-0.4, -0.2) is 24.9 Å². The van der Waals surface area contributed by atoms with Gasteiger partial charge in [0, 0.05) is 37.3 Å². The highest BCUT2D eigenvalue weighted by Gasteiger charge is 2.10. The lowest BCUT2D eigenvalue weighted by molar-refractivity contribution is -0.127. The number of amides is 1. The molecule has 2 aromatic carbocycles. The number of likely N-dealkylation sites (N-methyl/N-ethyl adjacent to an activating group) is 1. The van der Waals surface area contributed by atoms with Gasteiger partial charge in [-0.15, -0.1) is 0 Å². The number of nitrogens with one attached hydrogen (secondary N) is 1. The van der Waals surface area contributed by atoms with Gasteiger partial charge in [0.25, 0.3) is 0 Å². The summed E-state index contributed by atoms with van der Waals surface area (Å²) in [7, 11) is 3.55. The van der Waals surface area contributed by atoms with E-state index in [9.17, 15) is 4.79 Å². The lowest BCUT2D eigenvalue weighted by atomic mass is 10.1. The lowest BCUT2D eigenvalue weighted by Gasteiger charge is -2.11. The summed E-state index contributed by atoms with van der Waals surface area (Å²) in [5.41, 5.74) is 5.17. The lowest BCUT2D eigenvalue weighted by Crippen LogP contribution is -2.23. The highest BCUT2D eigenvalue weighted by atomic mass is 16.3. The molecule has 1 aromatic heterocycles. The topological polar surface area (TPSA) is 45.5 Å². The molecule has 0 aliphatic rings. The fourth-order valence-electron chi connectivity index (χ4n) is 2.89. The van der Waals surface area contributed by atoms with Crippen LogP contribution in [0.5, 0.6) is 0 Å². The summed E-state index contributed by atoms with van der Waals surface area (Å²) in [6, 6.07) is 14.1. The molecule has 25 heavy (non-hydrogen) atoms. The zero-order valence-electron chi connectivity index (χ0n) is 15.2. The molecule has 4 nitrogen and oxygen atoms in total. The van der Waals surface area contributed by atoms with Crippen LogP contribution < -0.4 is 5.32 Å². The van der Waals surface area contributed by atoms with Crippen LogP contribution in [0, 0.1) is 6.92 Å². The van der Waals surface area contributed by atoms with Crippen LogP contribution in [0.1, 0.15) is 23.8 Å². The number of carbonyl (C=O) groups is 1. The molecule has 0 saturated carbocycles. The van der Waals surface area contributed by atoms with E-state index < -0.39 is 0 Å². The number of hydrogen-bond donors (Lipinski definition) is 1. The van der Waals surface area contributed by atoms with E-state index in [1.165, 1.54) is 5.56 Å². The minimum Gasteiger partial charge on any atom is -0.461 e. The Kier molecular flexibility index (Phi) is 4.79. The summed E-state index contributed by atoms with van der Waals surface area (Å²) >= 11 is 0. The van der Waals surface area contributed by atoms with Gasteiger partial charge >= 0.3 is 0 Å². The van der Waals surface area contributed by atoms with Crippen LogP contribution >= 0.6 is 0 Å². The van der Waals surface area contributed by atoms with Crippen molar-refractivity contribution >= 4 is 28.3 Å². The number of hydrogen-bond acceptors (Lipinski definition) is 3. The summed E-state index contributed by atoms with van der Waals surface area (Å²) in [5.74, 6) is 1.15. The Labute approximate surface area is 148 Å². The summed E-state index contributed by atoms with van der Waals surface area (Å²) in [6.07, 6.45) is 1.32. The van der Waals surface area contributed by atoms with Crippen molar-refractivity contribution in [3.8, 4) is 0 Å². The zero-order chi connectivity index (χ0) is 18.0. The number of rotatable bonds is 5. The van der Waals surface area contributed by atoms with Gasteiger partial charge in [-0.2, -0.15) is 0 Å². The maximum absolute atomic E-state index is 11.8. The van der Waals surface area contributed by atoms with Gasteiger partial charge in [0.1, 0.15) is 11.3 Å². The number of carbonyl (C=O) groups excluding carboxylic acids is 1. The van der Waals surface area contributed by atoms with Gasteiger partial charge in [-0.1, -0.05) is 19.1 Å². The monoisotopic (exact) mass is 336 g/mol. The summed E-state index contributed by atoms with van der Waals surface area (Å²) in [6.45, 7) is 4.21. The van der Waals surface area contributed by atoms with E-state index in [0.29, 0.717) is 6.42 Å². The molecule has 4 heteroatoms. The molecule has 0 fully saturated rings. The van der Waals surface area contributed by atoms with Crippen molar-refractivity contribution in [1.29, 1.82) is 0 Å². The van der Waals surface area contributed by atoms with Crippen molar-refractivity contribution in [2.24, 2.45) is 0 Å². The van der Waals surface area contributed by atoms with E-state index >= 15 is 0 Å². The first-order valence-corrected chi connectivity index (χ1v) is 8.56. The third-order valence-corrected chi connectivity index (χ3v) is 4.45. The van der Waals surface area contributed by atoms with Crippen molar-refractivity contribution in [3.05, 3.63) is 59.4 Å². The Morgan fingerprint density at radius 2 is 1.76 bits per heavy atom. The maximum atomic E-state index is 11.8. The molecule has 1 amide bonds. The molecule has 3 aromatic rings. The van der Waals surface area contributed by atoms with Gasteiger partial charge < -0.3 is 14.6 Å². The first kappa shape index (κ1) is 17.1. The predicted octanol–water partition coefficient (Wildman–Crippen LogP) is 4.68. The molecule has 0 aliphatic heterocycles. The van der Waals surface area contributed by atoms with Crippen LogP contribution in [-0.2, 0) is 17.6 Å². The van der Waals surface area contributed by atoms with Gasteiger partial charge in [-0.3, -0.25) is 4.79 Å². The standard InChI is InChI=1S/C21H24N2O2/c1-5-19-14(2)18-13-17(10-11-20(18)25-19)22-16-8-6-15(7-9-16)12-21(24)23(3)4/h6-11,13,22H,5,12H2,1-4H3. The fourth-order valence-corrected chi connectivity index (χ4v) is 2.89. The van der Waals surface area contributed by atoms with Crippen molar-refractivity contribution in [3.63, 3.8) is 0 Å². The molecule has 0 atom stereocenters. The average Bonchev–Trinajstić information content (AvgIpc) is 2.92. The van der Waals surface area contributed by atoms with Crippen LogP contribution in [0.25, 0.3) is 11.0 Å². The number of aryl methyl sites for hydroxylation is 2. The first-order chi connectivity index (χ1) is 12.0. The first-order valence-electron chi connectivity index (χ1n) is 8.56. The van der Waals surface area contributed by atoms with Crippen molar-refractivity contribution < 1.29 is 9.21 Å². The molecule has 0 unspecified atom stereocenters. The van der Waals surface area contributed by atoms with Crippen molar-refractivity contribution in [2.45, 2.75) is 26.7 Å². The quantitative estimate of drug-likeness (QED) is 0.736. The molecule has 0 radical (unpaired) electrons. The Bertz CT molecular complexity index is 892. The average molecular weight is 336 g/mol. The summed E-state index contributed by atoms with van der Waals surface area (Å²) in [5, 5.41) is 4.57. The highest BCUT2D eigenvalue weighted by Crippen LogP contribution is 2.29. The molecule has 130 valence electrons. The van der Waals surface area contributed by atoms with Gasteiger partial charge in [0.15, 0.2) is 0 Å². The zero-order valence-corrected chi connectivity index (χ0v) is 15.2. The molecule has 0 aliphatic carbocycles.